The average Bonchev–Trinajstić information content (AvgIpc) is 2.46. The molecule has 7 heteroatoms. The van der Waals surface area contributed by atoms with Crippen molar-refractivity contribution in [1.29, 1.82) is 0 Å². The number of rotatable bonds is 5. The van der Waals surface area contributed by atoms with E-state index in [0.717, 1.165) is 13.1 Å². The summed E-state index contributed by atoms with van der Waals surface area (Å²) in [6, 6.07) is 5.11. The number of anilines is 2. The lowest BCUT2D eigenvalue weighted by molar-refractivity contribution is -0.119. The van der Waals surface area contributed by atoms with Crippen LogP contribution in [-0.2, 0) is 14.3 Å². The van der Waals surface area contributed by atoms with Crippen LogP contribution in [0.4, 0.5) is 11.4 Å². The number of nitrogens with one attached hydrogen (secondary N) is 2. The molecular formula is C16H23N3O4. The van der Waals surface area contributed by atoms with Gasteiger partial charge in [-0.1, -0.05) is 0 Å². The second kappa shape index (κ2) is 7.94. The minimum atomic E-state index is -0.172. The summed E-state index contributed by atoms with van der Waals surface area (Å²) in [5.41, 5.74) is 1.14. The number of carbonyl (C=O) groups is 2. The van der Waals surface area contributed by atoms with Crippen LogP contribution in [0.2, 0.25) is 0 Å². The van der Waals surface area contributed by atoms with Crippen LogP contribution >= 0.6 is 0 Å². The fraction of sp³-hybridized carbons (Fsp3) is 0.500. The second-order valence-electron chi connectivity index (χ2n) is 5.56. The van der Waals surface area contributed by atoms with Gasteiger partial charge in [0, 0.05) is 25.7 Å². The molecule has 1 atom stereocenters. The lowest BCUT2D eigenvalue weighted by Gasteiger charge is -2.30. The Morgan fingerprint density at radius 2 is 2.17 bits per heavy atom. The molecule has 23 heavy (non-hydrogen) atoms. The van der Waals surface area contributed by atoms with Crippen molar-refractivity contribution in [3.05, 3.63) is 18.2 Å². The smallest absolute Gasteiger partial charge is 0.238 e. The number of ether oxygens (including phenoxy) is 2. The maximum Gasteiger partial charge on any atom is 0.238 e. The Morgan fingerprint density at radius 1 is 1.39 bits per heavy atom. The summed E-state index contributed by atoms with van der Waals surface area (Å²) in [6.07, 6.45) is 0.134. The third-order valence-corrected chi connectivity index (χ3v) is 3.49. The van der Waals surface area contributed by atoms with Crippen LogP contribution in [0.25, 0.3) is 0 Å². The maximum atomic E-state index is 12.3. The van der Waals surface area contributed by atoms with Crippen molar-refractivity contribution in [3.8, 4) is 5.75 Å². The van der Waals surface area contributed by atoms with E-state index in [9.17, 15) is 9.59 Å². The van der Waals surface area contributed by atoms with Crippen molar-refractivity contribution < 1.29 is 19.1 Å². The molecule has 0 aromatic heterocycles. The molecule has 1 saturated heterocycles. The molecule has 2 amide bonds. The number of hydrogen-bond acceptors (Lipinski definition) is 5. The fourth-order valence-corrected chi connectivity index (χ4v) is 2.51. The molecular weight excluding hydrogens is 298 g/mol. The van der Waals surface area contributed by atoms with Crippen LogP contribution in [0, 0.1) is 0 Å². The number of morpholine rings is 1. The third-order valence-electron chi connectivity index (χ3n) is 3.49. The van der Waals surface area contributed by atoms with E-state index in [0.29, 0.717) is 30.3 Å². The molecule has 0 radical (unpaired) electrons. The van der Waals surface area contributed by atoms with Gasteiger partial charge in [0.15, 0.2) is 0 Å². The fourth-order valence-electron chi connectivity index (χ4n) is 2.51. The van der Waals surface area contributed by atoms with Gasteiger partial charge < -0.3 is 20.1 Å². The molecule has 1 aliphatic heterocycles. The summed E-state index contributed by atoms with van der Waals surface area (Å²) in [5.74, 6) is 0.245. The molecule has 7 nitrogen and oxygen atoms in total. The van der Waals surface area contributed by atoms with E-state index in [1.807, 2.05) is 11.8 Å². The van der Waals surface area contributed by atoms with Gasteiger partial charge in [0.05, 0.1) is 32.1 Å². The van der Waals surface area contributed by atoms with Gasteiger partial charge >= 0.3 is 0 Å². The van der Waals surface area contributed by atoms with Gasteiger partial charge in [0.2, 0.25) is 11.8 Å². The zero-order valence-electron chi connectivity index (χ0n) is 13.7. The van der Waals surface area contributed by atoms with Gasteiger partial charge in [0.25, 0.3) is 0 Å². The first-order chi connectivity index (χ1) is 11.0. The normalized spacial score (nSPS) is 18.3. The lowest BCUT2D eigenvalue weighted by Crippen LogP contribution is -2.44. The quantitative estimate of drug-likeness (QED) is 0.855. The van der Waals surface area contributed by atoms with Crippen molar-refractivity contribution in [1.82, 2.24) is 4.90 Å². The predicted octanol–water partition coefficient (Wildman–Crippen LogP) is 1.31. The molecule has 1 aliphatic rings. The lowest BCUT2D eigenvalue weighted by atomic mass is 10.2. The largest absolute Gasteiger partial charge is 0.495 e. The molecule has 0 saturated carbocycles. The van der Waals surface area contributed by atoms with Crippen LogP contribution in [0.5, 0.6) is 5.75 Å². The van der Waals surface area contributed by atoms with Gasteiger partial charge in [-0.15, -0.1) is 0 Å². The molecule has 0 aliphatic carbocycles. The first-order valence-electron chi connectivity index (χ1n) is 7.57. The Balaban J connectivity index is 2.02. The van der Waals surface area contributed by atoms with Crippen molar-refractivity contribution in [2.75, 3.05) is 44.0 Å². The number of amides is 2. The van der Waals surface area contributed by atoms with Crippen molar-refractivity contribution in [2.45, 2.75) is 20.0 Å². The predicted molar refractivity (Wildman–Crippen MR) is 87.8 cm³/mol. The van der Waals surface area contributed by atoms with Gasteiger partial charge in [0.1, 0.15) is 5.75 Å². The van der Waals surface area contributed by atoms with Gasteiger partial charge in [-0.2, -0.15) is 0 Å². The highest BCUT2D eigenvalue weighted by atomic mass is 16.5. The molecule has 1 heterocycles. The standard InChI is InChI=1S/C16H23N3O4/c1-11-9-19(6-7-23-11)10-16(21)18-14-8-13(17-12(2)20)4-5-15(14)22-3/h4-5,8,11H,6-7,9-10H2,1-3H3,(H,17,20)(H,18,21)/t11-/m0/s1. The second-order valence-corrected chi connectivity index (χ2v) is 5.56. The Kier molecular flexibility index (Phi) is 5.95. The first-order valence-corrected chi connectivity index (χ1v) is 7.57. The van der Waals surface area contributed by atoms with Crippen LogP contribution < -0.4 is 15.4 Å². The highest BCUT2D eigenvalue weighted by molar-refractivity contribution is 5.95. The van der Waals surface area contributed by atoms with E-state index in [2.05, 4.69) is 10.6 Å². The highest BCUT2D eigenvalue weighted by Crippen LogP contribution is 2.27. The summed E-state index contributed by atoms with van der Waals surface area (Å²) in [5, 5.41) is 5.52. The topological polar surface area (TPSA) is 79.9 Å². The van der Waals surface area contributed by atoms with E-state index >= 15 is 0 Å². The van der Waals surface area contributed by atoms with Crippen molar-refractivity contribution in [3.63, 3.8) is 0 Å². The summed E-state index contributed by atoms with van der Waals surface area (Å²) in [6.45, 7) is 5.82. The van der Waals surface area contributed by atoms with Crippen LogP contribution in [0.3, 0.4) is 0 Å². The van der Waals surface area contributed by atoms with E-state index < -0.39 is 0 Å². The number of benzene rings is 1. The summed E-state index contributed by atoms with van der Waals surface area (Å²) in [4.78, 5) is 25.4. The molecule has 1 aromatic carbocycles. The van der Waals surface area contributed by atoms with E-state index in [-0.39, 0.29) is 17.9 Å². The molecule has 0 spiro atoms. The molecule has 1 fully saturated rings. The monoisotopic (exact) mass is 321 g/mol. The first kappa shape index (κ1) is 17.2. The van der Waals surface area contributed by atoms with Gasteiger partial charge in [-0.3, -0.25) is 14.5 Å². The Hall–Kier alpha value is -2.12. The van der Waals surface area contributed by atoms with Gasteiger partial charge in [-0.05, 0) is 25.1 Å². The van der Waals surface area contributed by atoms with Crippen molar-refractivity contribution >= 4 is 23.2 Å². The van der Waals surface area contributed by atoms with E-state index in [4.69, 9.17) is 9.47 Å². The zero-order chi connectivity index (χ0) is 16.8. The molecule has 0 bridgehead atoms. The average molecular weight is 321 g/mol. The molecule has 2 N–H and O–H groups in total. The van der Waals surface area contributed by atoms with Crippen LogP contribution in [-0.4, -0.2) is 56.2 Å². The number of nitrogens with zero attached hydrogens (tertiary/aromatic N) is 1. The van der Waals surface area contributed by atoms with E-state index in [1.54, 1.807) is 18.2 Å². The molecule has 0 unspecified atom stereocenters. The minimum Gasteiger partial charge on any atom is -0.495 e. The molecule has 2 rings (SSSR count). The summed E-state index contributed by atoms with van der Waals surface area (Å²) < 4.78 is 10.7. The summed E-state index contributed by atoms with van der Waals surface area (Å²) in [7, 11) is 1.53. The third kappa shape index (κ3) is 5.22. The highest BCUT2D eigenvalue weighted by Gasteiger charge is 2.19. The Morgan fingerprint density at radius 3 is 2.83 bits per heavy atom. The SMILES string of the molecule is COc1ccc(NC(C)=O)cc1NC(=O)CN1CCO[C@@H](C)C1. The van der Waals surface area contributed by atoms with Crippen LogP contribution in [0.1, 0.15) is 13.8 Å². The zero-order valence-corrected chi connectivity index (χ0v) is 13.7. The molecule has 1 aromatic rings. The number of methoxy groups -OCH3 is 1. The maximum absolute atomic E-state index is 12.3. The minimum absolute atomic E-state index is 0.127. The van der Waals surface area contributed by atoms with Crippen molar-refractivity contribution in [2.24, 2.45) is 0 Å². The van der Waals surface area contributed by atoms with Gasteiger partial charge in [-0.25, -0.2) is 0 Å². The number of carbonyl (C=O) groups excluding carboxylic acids is 2. The number of hydrogen-bond donors (Lipinski definition) is 2. The Labute approximate surface area is 135 Å². The summed E-state index contributed by atoms with van der Waals surface area (Å²) >= 11 is 0. The molecule has 126 valence electrons. The van der Waals surface area contributed by atoms with E-state index in [1.165, 1.54) is 14.0 Å². The van der Waals surface area contributed by atoms with Crippen LogP contribution in [0.15, 0.2) is 18.2 Å². The Bertz CT molecular complexity index is 576.